The summed E-state index contributed by atoms with van der Waals surface area (Å²) in [4.78, 5) is 16.4. The van der Waals surface area contributed by atoms with Crippen molar-refractivity contribution in [1.29, 1.82) is 0 Å². The molecule has 0 bridgehead atoms. The third-order valence-corrected chi connectivity index (χ3v) is 5.46. The minimum absolute atomic E-state index is 0.0483. The van der Waals surface area contributed by atoms with Gasteiger partial charge >= 0.3 is 6.18 Å². The molecule has 0 atom stereocenters. The number of hydrogen-bond donors (Lipinski definition) is 1. The first-order valence-corrected chi connectivity index (χ1v) is 9.61. The van der Waals surface area contributed by atoms with Gasteiger partial charge in [-0.3, -0.25) is 19.3 Å². The number of amides is 1. The number of carbonyl (C=O) groups is 1. The Morgan fingerprint density at radius 3 is 2.38 bits per heavy atom. The number of piperazine rings is 1. The number of halogens is 4. The topological polar surface area (TPSA) is 53.4 Å². The quantitative estimate of drug-likeness (QED) is 0.793. The van der Waals surface area contributed by atoms with Gasteiger partial charge in [-0.25, -0.2) is 0 Å². The van der Waals surface area contributed by atoms with Gasteiger partial charge < -0.3 is 5.32 Å². The molecule has 1 aromatic heterocycles. The van der Waals surface area contributed by atoms with Gasteiger partial charge in [0, 0.05) is 45.3 Å². The van der Waals surface area contributed by atoms with E-state index >= 15 is 0 Å². The van der Waals surface area contributed by atoms with E-state index in [-0.39, 0.29) is 12.2 Å². The van der Waals surface area contributed by atoms with E-state index in [1.54, 1.807) is 11.7 Å². The second-order valence-electron chi connectivity index (χ2n) is 7.12. The molecular weight excluding hydrogens is 407 g/mol. The maximum absolute atomic E-state index is 13.1. The number of benzene rings is 1. The van der Waals surface area contributed by atoms with Crippen LogP contribution in [0.2, 0.25) is 5.15 Å². The van der Waals surface area contributed by atoms with Crippen molar-refractivity contribution in [3.05, 3.63) is 46.2 Å². The number of rotatable bonds is 5. The Balaban J connectivity index is 1.52. The van der Waals surface area contributed by atoms with Crippen molar-refractivity contribution < 1.29 is 18.0 Å². The Morgan fingerprint density at radius 1 is 1.17 bits per heavy atom. The normalized spacial score (nSPS) is 16.2. The maximum atomic E-state index is 13.1. The molecule has 6 nitrogen and oxygen atoms in total. The van der Waals surface area contributed by atoms with Gasteiger partial charge in [-0.15, -0.1) is 0 Å². The number of nitrogens with zero attached hydrogens (tertiary/aromatic N) is 4. The van der Waals surface area contributed by atoms with Crippen molar-refractivity contribution in [3.63, 3.8) is 0 Å². The van der Waals surface area contributed by atoms with Crippen LogP contribution in [0.3, 0.4) is 0 Å². The van der Waals surface area contributed by atoms with Gasteiger partial charge in [0.05, 0.1) is 23.5 Å². The number of alkyl halides is 3. The fourth-order valence-electron chi connectivity index (χ4n) is 3.41. The molecule has 0 spiro atoms. The molecule has 0 aliphatic carbocycles. The van der Waals surface area contributed by atoms with Gasteiger partial charge in [0.15, 0.2) is 0 Å². The molecule has 1 fully saturated rings. The van der Waals surface area contributed by atoms with Gasteiger partial charge in [0.25, 0.3) is 0 Å². The van der Waals surface area contributed by atoms with Gasteiger partial charge in [-0.1, -0.05) is 23.7 Å². The molecule has 29 heavy (non-hydrogen) atoms. The molecule has 1 aliphatic rings. The van der Waals surface area contributed by atoms with Crippen molar-refractivity contribution >= 4 is 23.2 Å². The molecule has 1 amide bonds. The lowest BCUT2D eigenvalue weighted by atomic mass is 10.1. The molecule has 1 saturated heterocycles. The molecule has 3 rings (SSSR count). The highest BCUT2D eigenvalue weighted by Gasteiger charge is 2.33. The summed E-state index contributed by atoms with van der Waals surface area (Å²) in [6.45, 7) is 5.40. The lowest BCUT2D eigenvalue weighted by Crippen LogP contribution is -2.48. The van der Waals surface area contributed by atoms with Crippen LogP contribution in [0.5, 0.6) is 0 Å². The summed E-state index contributed by atoms with van der Waals surface area (Å²) in [6, 6.07) is 4.99. The number of carbonyl (C=O) groups excluding carboxylic acids is 1. The average Bonchev–Trinajstić information content (AvgIpc) is 2.89. The van der Waals surface area contributed by atoms with E-state index in [0.717, 1.165) is 30.4 Å². The van der Waals surface area contributed by atoms with E-state index in [9.17, 15) is 18.0 Å². The van der Waals surface area contributed by atoms with E-state index in [1.165, 1.54) is 18.2 Å². The molecule has 0 radical (unpaired) electrons. The van der Waals surface area contributed by atoms with Crippen molar-refractivity contribution in [2.24, 2.45) is 7.05 Å². The van der Waals surface area contributed by atoms with Gasteiger partial charge in [-0.05, 0) is 19.1 Å². The highest BCUT2D eigenvalue weighted by Crippen LogP contribution is 2.34. The van der Waals surface area contributed by atoms with E-state index in [0.29, 0.717) is 24.8 Å². The second kappa shape index (κ2) is 8.73. The first-order chi connectivity index (χ1) is 13.6. The fourth-order valence-corrected chi connectivity index (χ4v) is 3.65. The number of para-hydroxylation sites is 1. The Hall–Kier alpha value is -2.10. The largest absolute Gasteiger partial charge is 0.418 e. The van der Waals surface area contributed by atoms with E-state index in [4.69, 9.17) is 11.6 Å². The van der Waals surface area contributed by atoms with Gasteiger partial charge in [0.1, 0.15) is 5.15 Å². The summed E-state index contributed by atoms with van der Waals surface area (Å²) in [6.07, 6.45) is -4.51. The third kappa shape index (κ3) is 5.29. The molecular formula is C19H23ClF3N5O. The van der Waals surface area contributed by atoms with Crippen LogP contribution in [-0.2, 0) is 24.6 Å². The predicted octanol–water partition coefficient (Wildman–Crippen LogP) is 3.16. The monoisotopic (exact) mass is 429 g/mol. The smallest absolute Gasteiger partial charge is 0.324 e. The Labute approximate surface area is 172 Å². The zero-order valence-corrected chi connectivity index (χ0v) is 17.0. The maximum Gasteiger partial charge on any atom is 0.418 e. The second-order valence-corrected chi connectivity index (χ2v) is 7.48. The van der Waals surface area contributed by atoms with E-state index in [2.05, 4.69) is 15.3 Å². The summed E-state index contributed by atoms with van der Waals surface area (Å²) < 4.78 is 40.8. The standard InChI is InChI=1S/C19H23ClF3N5O/c1-13-14(18(20)26(2)25-13)11-27-7-9-28(10-8-27)12-17(29)24-16-6-4-3-5-15(16)19(21,22)23/h3-6H,7-12H2,1-2H3,(H,24,29). The molecule has 1 aliphatic heterocycles. The first kappa shape index (κ1) is 21.6. The number of anilines is 1. The third-order valence-electron chi connectivity index (χ3n) is 4.99. The van der Waals surface area contributed by atoms with Crippen molar-refractivity contribution in [3.8, 4) is 0 Å². The lowest BCUT2D eigenvalue weighted by molar-refractivity contribution is -0.137. The molecule has 0 unspecified atom stereocenters. The van der Waals surface area contributed by atoms with E-state index < -0.39 is 17.6 Å². The average molecular weight is 430 g/mol. The molecule has 0 saturated carbocycles. The lowest BCUT2D eigenvalue weighted by Gasteiger charge is -2.34. The van der Waals surface area contributed by atoms with Crippen LogP contribution in [0.1, 0.15) is 16.8 Å². The van der Waals surface area contributed by atoms with Crippen LogP contribution in [0.25, 0.3) is 0 Å². The van der Waals surface area contributed by atoms with Crippen LogP contribution < -0.4 is 5.32 Å². The van der Waals surface area contributed by atoms with Crippen molar-refractivity contribution in [2.75, 3.05) is 38.0 Å². The summed E-state index contributed by atoms with van der Waals surface area (Å²) in [5.41, 5.74) is 0.818. The summed E-state index contributed by atoms with van der Waals surface area (Å²) >= 11 is 6.28. The van der Waals surface area contributed by atoms with Crippen LogP contribution in [0.4, 0.5) is 18.9 Å². The summed E-state index contributed by atoms with van der Waals surface area (Å²) in [7, 11) is 1.80. The van der Waals surface area contributed by atoms with Crippen LogP contribution >= 0.6 is 11.6 Å². The Kier molecular flexibility index (Phi) is 6.50. The van der Waals surface area contributed by atoms with Crippen LogP contribution in [-0.4, -0.2) is 58.2 Å². The molecule has 10 heteroatoms. The number of hydrogen-bond acceptors (Lipinski definition) is 4. The Morgan fingerprint density at radius 2 is 1.79 bits per heavy atom. The Bertz CT molecular complexity index is 875. The zero-order valence-electron chi connectivity index (χ0n) is 16.3. The van der Waals surface area contributed by atoms with Crippen molar-refractivity contribution in [1.82, 2.24) is 19.6 Å². The van der Waals surface area contributed by atoms with E-state index in [1.807, 2.05) is 11.8 Å². The fraction of sp³-hybridized carbons (Fsp3) is 0.474. The molecule has 158 valence electrons. The van der Waals surface area contributed by atoms with Crippen LogP contribution in [0, 0.1) is 6.92 Å². The number of nitrogens with one attached hydrogen (secondary N) is 1. The predicted molar refractivity (Wildman–Crippen MR) is 105 cm³/mol. The molecule has 2 heterocycles. The molecule has 1 aromatic carbocycles. The molecule has 1 N–H and O–H groups in total. The minimum Gasteiger partial charge on any atom is -0.324 e. The summed E-state index contributed by atoms with van der Waals surface area (Å²) in [5, 5.41) is 7.32. The zero-order chi connectivity index (χ0) is 21.2. The molecule has 2 aromatic rings. The highest BCUT2D eigenvalue weighted by atomic mass is 35.5. The highest BCUT2D eigenvalue weighted by molar-refractivity contribution is 6.30. The first-order valence-electron chi connectivity index (χ1n) is 9.24. The minimum atomic E-state index is -4.51. The number of aromatic nitrogens is 2. The summed E-state index contributed by atoms with van der Waals surface area (Å²) in [5.74, 6) is -0.457. The number of aryl methyl sites for hydroxylation is 2. The van der Waals surface area contributed by atoms with Crippen molar-refractivity contribution in [2.45, 2.75) is 19.6 Å². The SMILES string of the molecule is Cc1nn(C)c(Cl)c1CN1CCN(CC(=O)Nc2ccccc2C(F)(F)F)CC1. The van der Waals surface area contributed by atoms with Crippen LogP contribution in [0.15, 0.2) is 24.3 Å². The van der Waals surface area contributed by atoms with Gasteiger partial charge in [0.2, 0.25) is 5.91 Å². The van der Waals surface area contributed by atoms with Gasteiger partial charge in [-0.2, -0.15) is 18.3 Å².